The lowest BCUT2D eigenvalue weighted by Crippen LogP contribution is -2.41. The van der Waals surface area contributed by atoms with Crippen LogP contribution in [0.1, 0.15) is 18.4 Å². The summed E-state index contributed by atoms with van der Waals surface area (Å²) in [6, 6.07) is 2.90. The number of hydrogen-bond acceptors (Lipinski definition) is 6. The standard InChI is InChI=1S/C16H20FN3O3/c1-22-15-7-19-12-4-3-11(17)10(16(12)20-15)6-13(21)14-5-2-9(18)8-23-14/h3-4,7,9,13-14,21H,2,5-6,8,18H2,1H3/t9-,13+,14+/m1/s1. The van der Waals surface area contributed by atoms with E-state index in [4.69, 9.17) is 15.2 Å². The molecular formula is C16H20FN3O3. The Morgan fingerprint density at radius 1 is 1.48 bits per heavy atom. The van der Waals surface area contributed by atoms with Gasteiger partial charge in [-0.2, -0.15) is 0 Å². The summed E-state index contributed by atoms with van der Waals surface area (Å²) < 4.78 is 24.9. The highest BCUT2D eigenvalue weighted by molar-refractivity contribution is 5.78. The third kappa shape index (κ3) is 3.41. The first-order valence-corrected chi connectivity index (χ1v) is 7.62. The van der Waals surface area contributed by atoms with Crippen LogP contribution < -0.4 is 10.5 Å². The molecule has 23 heavy (non-hydrogen) atoms. The summed E-state index contributed by atoms with van der Waals surface area (Å²) in [5.74, 6) is -0.120. The molecule has 0 radical (unpaired) electrons. The van der Waals surface area contributed by atoms with Gasteiger partial charge in [0.25, 0.3) is 0 Å². The molecule has 6 nitrogen and oxygen atoms in total. The number of ether oxygens (including phenoxy) is 2. The predicted octanol–water partition coefficient (Wildman–Crippen LogP) is 1.19. The van der Waals surface area contributed by atoms with Crippen molar-refractivity contribution in [2.24, 2.45) is 5.73 Å². The van der Waals surface area contributed by atoms with Crippen molar-refractivity contribution in [1.82, 2.24) is 9.97 Å². The van der Waals surface area contributed by atoms with Crippen LogP contribution in [0.5, 0.6) is 5.88 Å². The number of hydrogen-bond donors (Lipinski definition) is 2. The maximum atomic E-state index is 14.3. The number of nitrogens with two attached hydrogens (primary N) is 1. The van der Waals surface area contributed by atoms with Crippen LogP contribution >= 0.6 is 0 Å². The summed E-state index contributed by atoms with van der Waals surface area (Å²) in [6.07, 6.45) is 1.85. The Kier molecular flexibility index (Phi) is 4.70. The van der Waals surface area contributed by atoms with Gasteiger partial charge in [0.1, 0.15) is 5.82 Å². The van der Waals surface area contributed by atoms with Gasteiger partial charge in [-0.25, -0.2) is 14.4 Å². The number of nitrogens with zero attached hydrogens (tertiary/aromatic N) is 2. The molecule has 1 saturated heterocycles. The summed E-state index contributed by atoms with van der Waals surface area (Å²) >= 11 is 0. The molecule has 0 unspecified atom stereocenters. The second-order valence-corrected chi connectivity index (χ2v) is 5.79. The van der Waals surface area contributed by atoms with Gasteiger partial charge in [-0.1, -0.05) is 0 Å². The highest BCUT2D eigenvalue weighted by atomic mass is 19.1. The third-order valence-electron chi connectivity index (χ3n) is 4.14. The van der Waals surface area contributed by atoms with Crippen LogP contribution in [-0.4, -0.2) is 47.0 Å². The summed E-state index contributed by atoms with van der Waals surface area (Å²) in [6.45, 7) is 0.410. The molecule has 0 amide bonds. The largest absolute Gasteiger partial charge is 0.480 e. The minimum Gasteiger partial charge on any atom is -0.480 e. The van der Waals surface area contributed by atoms with E-state index in [1.54, 1.807) is 6.07 Å². The van der Waals surface area contributed by atoms with Crippen molar-refractivity contribution < 1.29 is 19.0 Å². The molecule has 3 atom stereocenters. The topological polar surface area (TPSA) is 90.5 Å². The zero-order valence-corrected chi connectivity index (χ0v) is 12.9. The van der Waals surface area contributed by atoms with Crippen LogP contribution in [0.25, 0.3) is 11.0 Å². The van der Waals surface area contributed by atoms with Crippen LogP contribution in [-0.2, 0) is 11.2 Å². The minimum absolute atomic E-state index is 0.00266. The van der Waals surface area contributed by atoms with Crippen molar-refractivity contribution >= 4 is 11.0 Å². The highest BCUT2D eigenvalue weighted by Crippen LogP contribution is 2.25. The van der Waals surface area contributed by atoms with Gasteiger partial charge in [-0.15, -0.1) is 0 Å². The molecule has 0 aliphatic carbocycles. The van der Waals surface area contributed by atoms with Crippen molar-refractivity contribution in [1.29, 1.82) is 0 Å². The lowest BCUT2D eigenvalue weighted by molar-refractivity contribution is -0.0673. The maximum absolute atomic E-state index is 14.3. The molecular weight excluding hydrogens is 301 g/mol. The first-order valence-electron chi connectivity index (χ1n) is 7.62. The Balaban J connectivity index is 1.87. The Hall–Kier alpha value is -1.83. The van der Waals surface area contributed by atoms with Crippen LogP contribution in [0.2, 0.25) is 0 Å². The van der Waals surface area contributed by atoms with Gasteiger partial charge in [0.2, 0.25) is 5.88 Å². The average molecular weight is 321 g/mol. The number of aliphatic hydroxyl groups is 1. The number of aliphatic hydroxyl groups excluding tert-OH is 1. The molecule has 1 aromatic heterocycles. The van der Waals surface area contributed by atoms with Crippen LogP contribution in [0.4, 0.5) is 4.39 Å². The smallest absolute Gasteiger partial charge is 0.232 e. The normalized spacial score (nSPS) is 23.0. The summed E-state index contributed by atoms with van der Waals surface area (Å²) in [5, 5.41) is 10.4. The van der Waals surface area contributed by atoms with Gasteiger partial charge in [-0.3, -0.25) is 0 Å². The van der Waals surface area contributed by atoms with E-state index in [0.29, 0.717) is 35.5 Å². The molecule has 1 aromatic carbocycles. The van der Waals surface area contributed by atoms with E-state index in [9.17, 15) is 9.50 Å². The summed E-state index contributed by atoms with van der Waals surface area (Å²) in [4.78, 5) is 8.47. The van der Waals surface area contributed by atoms with E-state index in [1.165, 1.54) is 19.4 Å². The molecule has 3 rings (SSSR count). The first-order chi connectivity index (χ1) is 11.1. The Bertz CT molecular complexity index is 690. The minimum atomic E-state index is -0.824. The quantitative estimate of drug-likeness (QED) is 0.879. The fourth-order valence-electron chi connectivity index (χ4n) is 2.82. The predicted molar refractivity (Wildman–Crippen MR) is 82.7 cm³/mol. The van der Waals surface area contributed by atoms with Gasteiger partial charge in [0.05, 0.1) is 43.2 Å². The van der Waals surface area contributed by atoms with Crippen molar-refractivity contribution in [2.45, 2.75) is 37.5 Å². The molecule has 0 spiro atoms. The van der Waals surface area contributed by atoms with Crippen molar-refractivity contribution in [3.63, 3.8) is 0 Å². The molecule has 124 valence electrons. The van der Waals surface area contributed by atoms with Gasteiger partial charge in [-0.05, 0) is 25.0 Å². The van der Waals surface area contributed by atoms with E-state index in [2.05, 4.69) is 9.97 Å². The number of fused-ring (bicyclic) bond motifs is 1. The molecule has 1 aliphatic rings. The van der Waals surface area contributed by atoms with Crippen molar-refractivity contribution in [3.8, 4) is 5.88 Å². The monoisotopic (exact) mass is 321 g/mol. The van der Waals surface area contributed by atoms with E-state index < -0.39 is 11.9 Å². The fraction of sp³-hybridized carbons (Fsp3) is 0.500. The average Bonchev–Trinajstić information content (AvgIpc) is 2.57. The van der Waals surface area contributed by atoms with Gasteiger partial charge in [0.15, 0.2) is 0 Å². The van der Waals surface area contributed by atoms with Crippen LogP contribution in [0.3, 0.4) is 0 Å². The second-order valence-electron chi connectivity index (χ2n) is 5.79. The number of benzene rings is 1. The molecule has 0 saturated carbocycles. The zero-order valence-electron chi connectivity index (χ0n) is 12.9. The van der Waals surface area contributed by atoms with Gasteiger partial charge < -0.3 is 20.3 Å². The van der Waals surface area contributed by atoms with Crippen LogP contribution in [0.15, 0.2) is 18.3 Å². The van der Waals surface area contributed by atoms with E-state index in [0.717, 1.165) is 6.42 Å². The molecule has 7 heteroatoms. The van der Waals surface area contributed by atoms with Gasteiger partial charge in [0, 0.05) is 18.0 Å². The maximum Gasteiger partial charge on any atom is 0.232 e. The van der Waals surface area contributed by atoms with E-state index >= 15 is 0 Å². The Labute approximate surface area is 133 Å². The molecule has 1 fully saturated rings. The highest BCUT2D eigenvalue weighted by Gasteiger charge is 2.27. The molecule has 2 aromatic rings. The number of aromatic nitrogens is 2. The van der Waals surface area contributed by atoms with Gasteiger partial charge >= 0.3 is 0 Å². The Morgan fingerprint density at radius 2 is 2.30 bits per heavy atom. The van der Waals surface area contributed by atoms with E-state index in [-0.39, 0.29) is 18.6 Å². The number of methoxy groups -OCH3 is 1. The summed E-state index contributed by atoms with van der Waals surface area (Å²) in [5.41, 5.74) is 7.06. The second kappa shape index (κ2) is 6.74. The lowest BCUT2D eigenvalue weighted by Gasteiger charge is -2.30. The number of halogens is 1. The number of rotatable bonds is 4. The Morgan fingerprint density at radius 3 is 3.00 bits per heavy atom. The third-order valence-corrected chi connectivity index (χ3v) is 4.14. The van der Waals surface area contributed by atoms with Crippen molar-refractivity contribution in [2.75, 3.05) is 13.7 Å². The zero-order chi connectivity index (χ0) is 16.4. The summed E-state index contributed by atoms with van der Waals surface area (Å²) in [7, 11) is 1.47. The lowest BCUT2D eigenvalue weighted by atomic mass is 9.96. The fourth-order valence-corrected chi connectivity index (χ4v) is 2.82. The van der Waals surface area contributed by atoms with E-state index in [1.807, 2.05) is 0 Å². The van der Waals surface area contributed by atoms with Crippen LogP contribution in [0, 0.1) is 5.82 Å². The molecule has 1 aliphatic heterocycles. The molecule has 2 heterocycles. The van der Waals surface area contributed by atoms with Crippen molar-refractivity contribution in [3.05, 3.63) is 29.7 Å². The molecule has 3 N–H and O–H groups in total. The SMILES string of the molecule is COc1cnc2ccc(F)c(C[C@H](O)[C@@H]3CC[C@@H](N)CO3)c2n1. The molecule has 0 bridgehead atoms. The first kappa shape index (κ1) is 16.0.